The van der Waals surface area contributed by atoms with Crippen molar-refractivity contribution in [3.63, 3.8) is 0 Å². The van der Waals surface area contributed by atoms with E-state index in [9.17, 15) is 0 Å². The van der Waals surface area contributed by atoms with Gasteiger partial charge in [0.05, 0.1) is 3.79 Å². The molecule has 2 rings (SSSR count). The van der Waals surface area contributed by atoms with Crippen molar-refractivity contribution in [3.05, 3.63) is 20.8 Å². The van der Waals surface area contributed by atoms with Gasteiger partial charge in [0.1, 0.15) is 0 Å². The number of piperazine rings is 1. The molecule has 0 amide bonds. The van der Waals surface area contributed by atoms with Crippen molar-refractivity contribution in [1.29, 1.82) is 0 Å². The maximum absolute atomic E-state index is 3.48. The van der Waals surface area contributed by atoms with Gasteiger partial charge in [0, 0.05) is 37.6 Å². The van der Waals surface area contributed by atoms with Crippen LogP contribution in [0.2, 0.25) is 0 Å². The van der Waals surface area contributed by atoms with E-state index in [1.807, 2.05) is 0 Å². The number of rotatable bonds is 3. The molecule has 1 aliphatic rings. The van der Waals surface area contributed by atoms with Crippen LogP contribution in [0, 0.1) is 0 Å². The van der Waals surface area contributed by atoms with Crippen LogP contribution in [0.3, 0.4) is 0 Å². The summed E-state index contributed by atoms with van der Waals surface area (Å²) < 4.78 is 1.21. The lowest BCUT2D eigenvalue weighted by atomic mass is 10.4. The molecule has 84 valence electrons. The fraction of sp³-hybridized carbons (Fsp3) is 0.600. The van der Waals surface area contributed by atoms with E-state index in [4.69, 9.17) is 0 Å². The maximum Gasteiger partial charge on any atom is 0.0701 e. The minimum absolute atomic E-state index is 0.944. The molecule has 0 aromatic carbocycles. The molecule has 0 atom stereocenters. The van der Waals surface area contributed by atoms with Gasteiger partial charge in [-0.1, -0.05) is 0 Å². The third-order valence-corrected chi connectivity index (χ3v) is 4.23. The van der Waals surface area contributed by atoms with E-state index in [1.54, 1.807) is 11.3 Å². The van der Waals surface area contributed by atoms with Crippen molar-refractivity contribution < 1.29 is 0 Å². The monoisotopic (exact) mass is 289 g/mol. The third kappa shape index (κ3) is 3.53. The highest BCUT2D eigenvalue weighted by Crippen LogP contribution is 2.21. The molecule has 0 spiro atoms. The molecule has 3 nitrogen and oxygen atoms in total. The molecule has 1 aromatic rings. The van der Waals surface area contributed by atoms with Crippen molar-refractivity contribution in [2.24, 2.45) is 0 Å². The van der Waals surface area contributed by atoms with Crippen LogP contribution in [0.25, 0.3) is 0 Å². The number of thiophene rings is 1. The highest BCUT2D eigenvalue weighted by molar-refractivity contribution is 9.11. The van der Waals surface area contributed by atoms with Crippen molar-refractivity contribution in [2.45, 2.75) is 6.54 Å². The number of nitrogens with zero attached hydrogens (tertiary/aromatic N) is 2. The Bertz CT molecular complexity index is 307. The predicted molar refractivity (Wildman–Crippen MR) is 67.9 cm³/mol. The quantitative estimate of drug-likeness (QED) is 0.915. The molecule has 1 saturated heterocycles. The summed E-state index contributed by atoms with van der Waals surface area (Å²) in [6, 6.07) is 4.27. The van der Waals surface area contributed by atoms with Gasteiger partial charge in [-0.15, -0.1) is 11.3 Å². The van der Waals surface area contributed by atoms with Crippen molar-refractivity contribution in [2.75, 3.05) is 33.2 Å². The molecule has 0 unspecified atom stereocenters. The van der Waals surface area contributed by atoms with Crippen molar-refractivity contribution >= 4 is 27.3 Å². The standard InChI is InChI=1S/C10H16BrN3S/c1-13-4-6-14(7-5-13)12-8-9-2-3-10(11)15-9/h2-3,12H,4-8H2,1H3. The van der Waals surface area contributed by atoms with E-state index in [0.717, 1.165) is 32.7 Å². The lowest BCUT2D eigenvalue weighted by molar-refractivity contribution is 0.102. The first kappa shape index (κ1) is 11.5. The molecule has 0 aliphatic carbocycles. The average Bonchev–Trinajstić information content (AvgIpc) is 2.64. The summed E-state index contributed by atoms with van der Waals surface area (Å²) >= 11 is 5.27. The minimum Gasteiger partial charge on any atom is -0.304 e. The normalized spacial score (nSPS) is 19.6. The largest absolute Gasteiger partial charge is 0.304 e. The number of likely N-dealkylation sites (N-methyl/N-ethyl adjacent to an activating group) is 1. The molecule has 15 heavy (non-hydrogen) atoms. The molecule has 0 bridgehead atoms. The van der Waals surface area contributed by atoms with Gasteiger partial charge >= 0.3 is 0 Å². The van der Waals surface area contributed by atoms with Crippen LogP contribution in [0.15, 0.2) is 15.9 Å². The zero-order chi connectivity index (χ0) is 10.7. The van der Waals surface area contributed by atoms with Gasteiger partial charge in [-0.3, -0.25) is 0 Å². The zero-order valence-electron chi connectivity index (χ0n) is 8.87. The second kappa shape index (κ2) is 5.41. The van der Waals surface area contributed by atoms with Gasteiger partial charge < -0.3 is 4.90 Å². The van der Waals surface area contributed by atoms with Crippen LogP contribution in [-0.4, -0.2) is 43.1 Å². The molecule has 1 aliphatic heterocycles. The summed E-state index contributed by atoms with van der Waals surface area (Å²) in [5, 5.41) is 2.31. The Balaban J connectivity index is 1.74. The highest BCUT2D eigenvalue weighted by Gasteiger charge is 2.12. The number of hydrogen-bond acceptors (Lipinski definition) is 4. The molecule has 1 fully saturated rings. The summed E-state index contributed by atoms with van der Waals surface area (Å²) in [6.07, 6.45) is 0. The Morgan fingerprint density at radius 3 is 2.67 bits per heavy atom. The summed E-state index contributed by atoms with van der Waals surface area (Å²) in [5.74, 6) is 0. The van der Waals surface area contributed by atoms with E-state index in [-0.39, 0.29) is 0 Å². The van der Waals surface area contributed by atoms with E-state index in [1.165, 1.54) is 8.66 Å². The number of nitrogens with one attached hydrogen (secondary N) is 1. The molecule has 0 radical (unpaired) electrons. The van der Waals surface area contributed by atoms with Crippen LogP contribution in [0.1, 0.15) is 4.88 Å². The molecule has 2 heterocycles. The molecule has 5 heteroatoms. The Morgan fingerprint density at radius 1 is 1.33 bits per heavy atom. The van der Waals surface area contributed by atoms with E-state index < -0.39 is 0 Å². The van der Waals surface area contributed by atoms with Crippen molar-refractivity contribution in [1.82, 2.24) is 15.3 Å². The van der Waals surface area contributed by atoms with Crippen LogP contribution >= 0.6 is 27.3 Å². The van der Waals surface area contributed by atoms with Gasteiger partial charge in [0.2, 0.25) is 0 Å². The van der Waals surface area contributed by atoms with Gasteiger partial charge in [0.25, 0.3) is 0 Å². The fourth-order valence-electron chi connectivity index (χ4n) is 1.60. The van der Waals surface area contributed by atoms with Gasteiger partial charge in [0.15, 0.2) is 0 Å². The Morgan fingerprint density at radius 2 is 2.07 bits per heavy atom. The number of hydrogen-bond donors (Lipinski definition) is 1. The second-order valence-corrected chi connectivity index (χ2v) is 6.38. The van der Waals surface area contributed by atoms with Gasteiger partial charge in [-0.25, -0.2) is 10.4 Å². The topological polar surface area (TPSA) is 18.5 Å². The van der Waals surface area contributed by atoms with E-state index in [2.05, 4.69) is 50.4 Å². The first-order chi connectivity index (χ1) is 7.24. The Hall–Kier alpha value is 0.0600. The third-order valence-electron chi connectivity index (χ3n) is 2.61. The molecule has 1 N–H and O–H groups in total. The van der Waals surface area contributed by atoms with Gasteiger partial charge in [-0.2, -0.15) is 0 Å². The zero-order valence-corrected chi connectivity index (χ0v) is 11.3. The molecule has 1 aromatic heterocycles. The van der Waals surface area contributed by atoms with Crippen LogP contribution in [0.4, 0.5) is 0 Å². The van der Waals surface area contributed by atoms with E-state index >= 15 is 0 Å². The Labute approximate surface area is 103 Å². The Kier molecular flexibility index (Phi) is 4.16. The van der Waals surface area contributed by atoms with Crippen LogP contribution < -0.4 is 5.43 Å². The highest BCUT2D eigenvalue weighted by atomic mass is 79.9. The summed E-state index contributed by atoms with van der Waals surface area (Å²) in [4.78, 5) is 3.74. The van der Waals surface area contributed by atoms with Crippen LogP contribution in [0.5, 0.6) is 0 Å². The summed E-state index contributed by atoms with van der Waals surface area (Å²) in [7, 11) is 2.17. The summed E-state index contributed by atoms with van der Waals surface area (Å²) in [6.45, 7) is 5.48. The first-order valence-corrected chi connectivity index (χ1v) is 6.76. The second-order valence-electron chi connectivity index (χ2n) is 3.83. The molecular weight excluding hydrogens is 274 g/mol. The smallest absolute Gasteiger partial charge is 0.0701 e. The molecular formula is C10H16BrN3S. The number of hydrazine groups is 1. The maximum atomic E-state index is 3.48. The SMILES string of the molecule is CN1CCN(NCc2ccc(Br)s2)CC1. The first-order valence-electron chi connectivity index (χ1n) is 5.15. The van der Waals surface area contributed by atoms with Gasteiger partial charge in [-0.05, 0) is 35.1 Å². The van der Waals surface area contributed by atoms with Crippen LogP contribution in [-0.2, 0) is 6.54 Å². The molecule has 0 saturated carbocycles. The van der Waals surface area contributed by atoms with Crippen molar-refractivity contribution in [3.8, 4) is 0 Å². The van der Waals surface area contributed by atoms with E-state index in [0.29, 0.717) is 0 Å². The number of halogens is 1. The minimum atomic E-state index is 0.944. The summed E-state index contributed by atoms with van der Waals surface area (Å²) in [5.41, 5.74) is 3.47. The average molecular weight is 290 g/mol. The lowest BCUT2D eigenvalue weighted by Crippen LogP contribution is -2.50. The lowest BCUT2D eigenvalue weighted by Gasteiger charge is -2.32. The predicted octanol–water partition coefficient (Wildman–Crippen LogP) is 1.76. The fourth-order valence-corrected chi connectivity index (χ4v) is 3.02.